The van der Waals surface area contributed by atoms with Crippen molar-refractivity contribution in [3.05, 3.63) is 11.3 Å². The van der Waals surface area contributed by atoms with Gasteiger partial charge in [-0.3, -0.25) is 4.79 Å². The predicted octanol–water partition coefficient (Wildman–Crippen LogP) is 3.56. The van der Waals surface area contributed by atoms with E-state index in [1.807, 2.05) is 26.8 Å². The van der Waals surface area contributed by atoms with Gasteiger partial charge in [0.05, 0.1) is 28.4 Å². The molecule has 0 bridgehead atoms. The van der Waals surface area contributed by atoms with Gasteiger partial charge in [-0.25, -0.2) is 4.98 Å². The van der Waals surface area contributed by atoms with E-state index in [0.717, 1.165) is 34.1 Å². The molecule has 0 saturated carbocycles. The highest BCUT2D eigenvalue weighted by Crippen LogP contribution is 2.36. The van der Waals surface area contributed by atoms with Crippen LogP contribution in [0.25, 0.3) is 10.2 Å². The van der Waals surface area contributed by atoms with Crippen molar-refractivity contribution in [1.82, 2.24) is 9.97 Å². The smallest absolute Gasteiger partial charge is 0.225 e. The fraction of sp³-hybridized carbons (Fsp3) is 0.562. The van der Waals surface area contributed by atoms with Crippen LogP contribution in [0.1, 0.15) is 27.2 Å². The molecule has 1 aliphatic heterocycles. The van der Waals surface area contributed by atoms with Gasteiger partial charge >= 0.3 is 0 Å². The molecule has 1 saturated heterocycles. The average Bonchev–Trinajstić information content (AvgIpc) is 2.87. The molecule has 2 aromatic rings. The molecule has 3 heterocycles. The molecule has 3 rings (SSSR count). The van der Waals surface area contributed by atoms with E-state index in [0.29, 0.717) is 19.6 Å². The molecule has 1 amide bonds. The van der Waals surface area contributed by atoms with E-state index >= 15 is 0 Å². The number of carbonyl (C=O) groups excluding carboxylic acids is 1. The number of anilines is 2. The van der Waals surface area contributed by atoms with Gasteiger partial charge in [-0.2, -0.15) is 4.98 Å². The van der Waals surface area contributed by atoms with Crippen LogP contribution < -0.4 is 10.2 Å². The van der Waals surface area contributed by atoms with Crippen molar-refractivity contribution in [2.24, 2.45) is 5.41 Å². The van der Waals surface area contributed by atoms with Crippen molar-refractivity contribution in [3.63, 3.8) is 0 Å². The van der Waals surface area contributed by atoms with Crippen molar-refractivity contribution >= 4 is 49.9 Å². The van der Waals surface area contributed by atoms with Gasteiger partial charge < -0.3 is 15.0 Å². The molecule has 8 heteroatoms. The van der Waals surface area contributed by atoms with E-state index in [-0.39, 0.29) is 16.6 Å². The maximum atomic E-state index is 12.2. The van der Waals surface area contributed by atoms with E-state index in [4.69, 9.17) is 16.3 Å². The van der Waals surface area contributed by atoms with Gasteiger partial charge in [0.2, 0.25) is 11.2 Å². The highest BCUT2D eigenvalue weighted by Gasteiger charge is 2.21. The maximum absolute atomic E-state index is 12.2. The molecule has 2 aromatic heterocycles. The zero-order chi connectivity index (χ0) is 17.3. The monoisotopic (exact) mass is 368 g/mol. The first-order valence-electron chi connectivity index (χ1n) is 7.91. The van der Waals surface area contributed by atoms with Crippen LogP contribution in [0.5, 0.6) is 0 Å². The highest BCUT2D eigenvalue weighted by atomic mass is 35.5. The van der Waals surface area contributed by atoms with Gasteiger partial charge in [-0.15, -0.1) is 11.3 Å². The Labute approximate surface area is 150 Å². The molecular weight excluding hydrogens is 348 g/mol. The van der Waals surface area contributed by atoms with Crippen molar-refractivity contribution in [1.29, 1.82) is 0 Å². The Balaban J connectivity index is 1.88. The summed E-state index contributed by atoms with van der Waals surface area (Å²) >= 11 is 7.56. The molecule has 24 heavy (non-hydrogen) atoms. The summed E-state index contributed by atoms with van der Waals surface area (Å²) in [6, 6.07) is 1.86. The number of halogens is 1. The van der Waals surface area contributed by atoms with Gasteiger partial charge in [0.25, 0.3) is 0 Å². The summed E-state index contributed by atoms with van der Waals surface area (Å²) in [5, 5.41) is 3.95. The first-order chi connectivity index (χ1) is 11.3. The number of fused-ring (bicyclic) bond motifs is 1. The van der Waals surface area contributed by atoms with E-state index in [9.17, 15) is 4.79 Å². The van der Waals surface area contributed by atoms with Crippen molar-refractivity contribution < 1.29 is 9.53 Å². The number of rotatable bonds is 3. The molecule has 1 aliphatic rings. The van der Waals surface area contributed by atoms with Gasteiger partial charge in [0, 0.05) is 19.5 Å². The SMILES string of the molecule is CC(C)(C)CC(=O)Nc1cc2nc(Cl)nc(N3CCOCC3)c2s1. The van der Waals surface area contributed by atoms with Crippen LogP contribution >= 0.6 is 22.9 Å². The first-order valence-corrected chi connectivity index (χ1v) is 9.11. The second-order valence-electron chi connectivity index (χ2n) is 7.03. The number of morpholine rings is 1. The fourth-order valence-corrected chi connectivity index (χ4v) is 3.80. The molecule has 1 fully saturated rings. The van der Waals surface area contributed by atoms with Crippen LogP contribution in [0.4, 0.5) is 10.8 Å². The van der Waals surface area contributed by atoms with Crippen molar-refractivity contribution in [2.75, 3.05) is 36.5 Å². The summed E-state index contributed by atoms with van der Waals surface area (Å²) in [6.07, 6.45) is 0.462. The van der Waals surface area contributed by atoms with Gasteiger partial charge in [0.15, 0.2) is 5.82 Å². The molecule has 0 radical (unpaired) electrons. The summed E-state index contributed by atoms with van der Waals surface area (Å²) in [6.45, 7) is 9.00. The second kappa shape index (κ2) is 6.82. The molecule has 0 atom stereocenters. The summed E-state index contributed by atoms with van der Waals surface area (Å²) in [5.41, 5.74) is 0.704. The summed E-state index contributed by atoms with van der Waals surface area (Å²) in [7, 11) is 0. The number of amides is 1. The van der Waals surface area contributed by atoms with E-state index < -0.39 is 0 Å². The zero-order valence-electron chi connectivity index (χ0n) is 14.1. The highest BCUT2D eigenvalue weighted by molar-refractivity contribution is 7.23. The molecule has 130 valence electrons. The van der Waals surface area contributed by atoms with Crippen LogP contribution in [0.3, 0.4) is 0 Å². The summed E-state index contributed by atoms with van der Waals surface area (Å²) in [4.78, 5) is 23.0. The normalized spacial score (nSPS) is 15.8. The van der Waals surface area contributed by atoms with Crippen molar-refractivity contribution in [3.8, 4) is 0 Å². The lowest BCUT2D eigenvalue weighted by Gasteiger charge is -2.28. The van der Waals surface area contributed by atoms with E-state index in [2.05, 4.69) is 20.2 Å². The Hall–Kier alpha value is -1.44. The van der Waals surface area contributed by atoms with Crippen molar-refractivity contribution in [2.45, 2.75) is 27.2 Å². The van der Waals surface area contributed by atoms with Crippen LogP contribution in [0.2, 0.25) is 5.28 Å². The Bertz CT molecular complexity index is 750. The molecule has 0 unspecified atom stereocenters. The number of hydrogen-bond donors (Lipinski definition) is 1. The van der Waals surface area contributed by atoms with E-state index in [1.165, 1.54) is 11.3 Å². The van der Waals surface area contributed by atoms with Gasteiger partial charge in [0.1, 0.15) is 0 Å². The fourth-order valence-electron chi connectivity index (χ4n) is 2.60. The molecular formula is C16H21ClN4O2S. The Kier molecular flexibility index (Phi) is 4.94. The standard InChI is InChI=1S/C16H21ClN4O2S/c1-16(2,3)9-11(22)19-12-8-10-13(24-12)14(20-15(17)18-10)21-4-6-23-7-5-21/h8H,4-7,9H2,1-3H3,(H,19,22). The quantitative estimate of drug-likeness (QED) is 0.839. The van der Waals surface area contributed by atoms with Crippen LogP contribution in [-0.4, -0.2) is 42.2 Å². The Morgan fingerprint density at radius 3 is 2.75 bits per heavy atom. The second-order valence-corrected chi connectivity index (χ2v) is 8.42. The minimum Gasteiger partial charge on any atom is -0.378 e. The number of nitrogens with zero attached hydrogens (tertiary/aromatic N) is 3. The molecule has 0 aliphatic carbocycles. The maximum Gasteiger partial charge on any atom is 0.225 e. The Morgan fingerprint density at radius 2 is 2.08 bits per heavy atom. The number of ether oxygens (including phenoxy) is 1. The minimum absolute atomic E-state index is 0.000958. The lowest BCUT2D eigenvalue weighted by atomic mass is 9.92. The third-order valence-electron chi connectivity index (χ3n) is 3.59. The minimum atomic E-state index is -0.0527. The number of hydrogen-bond acceptors (Lipinski definition) is 6. The number of thiophene rings is 1. The van der Waals surface area contributed by atoms with E-state index in [1.54, 1.807) is 0 Å². The van der Waals surface area contributed by atoms with Gasteiger partial charge in [-0.1, -0.05) is 20.8 Å². The topological polar surface area (TPSA) is 67.4 Å². The molecule has 0 spiro atoms. The predicted molar refractivity (Wildman–Crippen MR) is 98.2 cm³/mol. The Morgan fingerprint density at radius 1 is 1.38 bits per heavy atom. The molecule has 0 aromatic carbocycles. The molecule has 1 N–H and O–H groups in total. The average molecular weight is 369 g/mol. The molecule has 6 nitrogen and oxygen atoms in total. The number of carbonyl (C=O) groups is 1. The number of aromatic nitrogens is 2. The number of nitrogens with one attached hydrogen (secondary N) is 1. The van der Waals surface area contributed by atoms with Crippen LogP contribution in [0, 0.1) is 5.41 Å². The zero-order valence-corrected chi connectivity index (χ0v) is 15.6. The largest absolute Gasteiger partial charge is 0.378 e. The summed E-state index contributed by atoms with van der Waals surface area (Å²) in [5.74, 6) is 0.815. The van der Waals surface area contributed by atoms with Crippen LogP contribution in [-0.2, 0) is 9.53 Å². The third kappa shape index (κ3) is 4.15. The third-order valence-corrected chi connectivity index (χ3v) is 4.80. The van der Waals surface area contributed by atoms with Crippen LogP contribution in [0.15, 0.2) is 6.07 Å². The van der Waals surface area contributed by atoms with Gasteiger partial charge in [-0.05, 0) is 23.1 Å². The summed E-state index contributed by atoms with van der Waals surface area (Å²) < 4.78 is 6.33. The first kappa shape index (κ1) is 17.4. The lowest BCUT2D eigenvalue weighted by Crippen LogP contribution is -2.36. The lowest BCUT2D eigenvalue weighted by molar-refractivity contribution is -0.117.